The van der Waals surface area contributed by atoms with Gasteiger partial charge in [0.1, 0.15) is 17.1 Å². The fourth-order valence-electron chi connectivity index (χ4n) is 1.16. The highest BCUT2D eigenvalue weighted by atomic mass is 19.1. The molecule has 0 atom stereocenters. The van der Waals surface area contributed by atoms with Crippen LogP contribution in [0.2, 0.25) is 0 Å². The van der Waals surface area contributed by atoms with Crippen LogP contribution in [0.1, 0.15) is 0 Å². The second-order valence-corrected chi connectivity index (χ2v) is 2.55. The van der Waals surface area contributed by atoms with Gasteiger partial charge in [-0.1, -0.05) is 6.07 Å². The van der Waals surface area contributed by atoms with E-state index in [0.717, 1.165) is 0 Å². The number of rotatable bonds is 2. The van der Waals surface area contributed by atoms with E-state index >= 15 is 0 Å². The third-order valence-corrected chi connectivity index (χ3v) is 1.76. The molecule has 0 aliphatic carbocycles. The van der Waals surface area contributed by atoms with Crippen LogP contribution in [0, 0.1) is 5.82 Å². The molecule has 1 aromatic heterocycles. The van der Waals surface area contributed by atoms with Crippen LogP contribution in [0.5, 0.6) is 5.75 Å². The molecule has 1 heterocycles. The molecule has 0 amide bonds. The Morgan fingerprint density at radius 3 is 2.93 bits per heavy atom. The number of tetrazole rings is 1. The summed E-state index contributed by atoms with van der Waals surface area (Å²) in [5, 5.41) is 13.0. The highest BCUT2D eigenvalue weighted by Gasteiger charge is 2.14. The minimum Gasteiger partial charge on any atom is -0.496 e. The Morgan fingerprint density at radius 2 is 2.29 bits per heavy atom. The summed E-state index contributed by atoms with van der Waals surface area (Å²) in [6.45, 7) is 0. The van der Waals surface area contributed by atoms with Crippen LogP contribution in [-0.4, -0.2) is 27.7 Å². The quantitative estimate of drug-likeness (QED) is 0.775. The highest BCUT2D eigenvalue weighted by molar-refractivity contribution is 5.64. The smallest absolute Gasteiger partial charge is 0.211 e. The summed E-state index contributed by atoms with van der Waals surface area (Å²) in [5.74, 6) is 0.122. The maximum absolute atomic E-state index is 13.4. The molecular formula is C8H7FN4O. The lowest BCUT2D eigenvalue weighted by Crippen LogP contribution is -1.92. The molecule has 0 saturated heterocycles. The van der Waals surface area contributed by atoms with E-state index < -0.39 is 5.82 Å². The van der Waals surface area contributed by atoms with Crippen molar-refractivity contribution >= 4 is 0 Å². The zero-order valence-corrected chi connectivity index (χ0v) is 7.36. The Hall–Kier alpha value is -1.98. The number of aromatic nitrogens is 4. The molecule has 0 unspecified atom stereocenters. The Balaban J connectivity index is 2.61. The summed E-state index contributed by atoms with van der Waals surface area (Å²) in [7, 11) is 1.46. The number of methoxy groups -OCH3 is 1. The first-order valence-corrected chi connectivity index (χ1v) is 3.89. The molecule has 72 valence electrons. The van der Waals surface area contributed by atoms with E-state index in [-0.39, 0.29) is 11.4 Å². The number of aromatic amines is 1. The van der Waals surface area contributed by atoms with E-state index in [9.17, 15) is 4.39 Å². The number of benzene rings is 1. The number of hydrogen-bond acceptors (Lipinski definition) is 4. The molecule has 2 rings (SSSR count). The van der Waals surface area contributed by atoms with E-state index in [2.05, 4.69) is 20.6 Å². The van der Waals surface area contributed by atoms with Crippen molar-refractivity contribution in [2.45, 2.75) is 0 Å². The molecule has 6 heteroatoms. The minimum atomic E-state index is -0.439. The third kappa shape index (κ3) is 1.30. The van der Waals surface area contributed by atoms with Crippen molar-refractivity contribution in [1.29, 1.82) is 0 Å². The SMILES string of the molecule is COc1cccc(F)c1-c1nn[nH]n1. The molecular weight excluding hydrogens is 187 g/mol. The van der Waals surface area contributed by atoms with Gasteiger partial charge in [-0.25, -0.2) is 4.39 Å². The third-order valence-electron chi connectivity index (χ3n) is 1.76. The van der Waals surface area contributed by atoms with Crippen molar-refractivity contribution in [3.05, 3.63) is 24.0 Å². The second-order valence-electron chi connectivity index (χ2n) is 2.55. The van der Waals surface area contributed by atoms with Crippen LogP contribution in [0.25, 0.3) is 11.4 Å². The van der Waals surface area contributed by atoms with E-state index in [0.29, 0.717) is 5.75 Å². The Bertz CT molecular complexity index is 429. The number of nitrogens with one attached hydrogen (secondary N) is 1. The first-order valence-electron chi connectivity index (χ1n) is 3.89. The fraction of sp³-hybridized carbons (Fsp3) is 0.125. The molecule has 5 nitrogen and oxygen atoms in total. The average Bonchev–Trinajstić information content (AvgIpc) is 2.70. The van der Waals surface area contributed by atoms with Gasteiger partial charge in [0.05, 0.1) is 7.11 Å². The minimum absolute atomic E-state index is 0.181. The van der Waals surface area contributed by atoms with Crippen molar-refractivity contribution in [3.8, 4) is 17.1 Å². The van der Waals surface area contributed by atoms with Crippen LogP contribution in [-0.2, 0) is 0 Å². The van der Waals surface area contributed by atoms with E-state index in [1.165, 1.54) is 13.2 Å². The van der Waals surface area contributed by atoms with E-state index in [1.54, 1.807) is 12.1 Å². The van der Waals surface area contributed by atoms with Gasteiger partial charge >= 0.3 is 0 Å². The number of ether oxygens (including phenoxy) is 1. The lowest BCUT2D eigenvalue weighted by Gasteiger charge is -2.04. The van der Waals surface area contributed by atoms with E-state index in [4.69, 9.17) is 4.74 Å². The molecule has 1 aromatic carbocycles. The van der Waals surface area contributed by atoms with Crippen molar-refractivity contribution in [2.24, 2.45) is 0 Å². The molecule has 0 radical (unpaired) electrons. The zero-order valence-electron chi connectivity index (χ0n) is 7.36. The standard InChI is InChI=1S/C8H7FN4O/c1-14-6-4-2-3-5(9)7(6)8-10-12-13-11-8/h2-4H,1H3,(H,10,11,12,13). The summed E-state index contributed by atoms with van der Waals surface area (Å²) in [6, 6.07) is 4.50. The molecule has 0 bridgehead atoms. The lowest BCUT2D eigenvalue weighted by atomic mass is 10.2. The van der Waals surface area contributed by atoms with Gasteiger partial charge in [0.25, 0.3) is 0 Å². The Morgan fingerprint density at radius 1 is 1.43 bits per heavy atom. The molecule has 0 spiro atoms. The van der Waals surface area contributed by atoms with Crippen LogP contribution in [0.15, 0.2) is 18.2 Å². The predicted octanol–water partition coefficient (Wildman–Crippen LogP) is 1.01. The van der Waals surface area contributed by atoms with Crippen LogP contribution in [0.4, 0.5) is 4.39 Å². The first kappa shape index (κ1) is 8.61. The monoisotopic (exact) mass is 194 g/mol. The van der Waals surface area contributed by atoms with Crippen molar-refractivity contribution < 1.29 is 9.13 Å². The van der Waals surface area contributed by atoms with Gasteiger partial charge in [-0.15, -0.1) is 10.2 Å². The number of hydrogen-bond donors (Lipinski definition) is 1. The van der Waals surface area contributed by atoms with Gasteiger partial charge < -0.3 is 4.74 Å². The summed E-state index contributed by atoms with van der Waals surface area (Å²) in [5.41, 5.74) is 0.212. The van der Waals surface area contributed by atoms with Gasteiger partial charge in [0.15, 0.2) is 0 Å². The topological polar surface area (TPSA) is 63.7 Å². The van der Waals surface area contributed by atoms with Gasteiger partial charge in [-0.05, 0) is 17.3 Å². The van der Waals surface area contributed by atoms with Crippen molar-refractivity contribution in [3.63, 3.8) is 0 Å². The van der Waals surface area contributed by atoms with Crippen LogP contribution >= 0.6 is 0 Å². The molecule has 14 heavy (non-hydrogen) atoms. The maximum atomic E-state index is 13.4. The van der Waals surface area contributed by atoms with Gasteiger partial charge in [-0.3, -0.25) is 0 Å². The molecule has 0 saturated carbocycles. The summed E-state index contributed by atoms with van der Waals surface area (Å²) < 4.78 is 18.4. The van der Waals surface area contributed by atoms with Crippen molar-refractivity contribution in [1.82, 2.24) is 20.6 Å². The second kappa shape index (κ2) is 3.41. The van der Waals surface area contributed by atoms with Gasteiger partial charge in [-0.2, -0.15) is 5.21 Å². The number of H-pyrrole nitrogens is 1. The number of halogens is 1. The van der Waals surface area contributed by atoms with Crippen LogP contribution < -0.4 is 4.74 Å². The molecule has 0 fully saturated rings. The Labute approximate surface area is 78.9 Å². The molecule has 0 aliphatic rings. The van der Waals surface area contributed by atoms with E-state index in [1.807, 2.05) is 0 Å². The fourth-order valence-corrected chi connectivity index (χ4v) is 1.16. The largest absolute Gasteiger partial charge is 0.496 e. The first-order chi connectivity index (χ1) is 6.83. The predicted molar refractivity (Wildman–Crippen MR) is 46.1 cm³/mol. The Kier molecular flexibility index (Phi) is 2.10. The zero-order chi connectivity index (χ0) is 9.97. The molecule has 0 aliphatic heterocycles. The number of nitrogens with zero attached hydrogens (tertiary/aromatic N) is 3. The molecule has 1 N–H and O–H groups in total. The van der Waals surface area contributed by atoms with Gasteiger partial charge in [0, 0.05) is 0 Å². The highest BCUT2D eigenvalue weighted by Crippen LogP contribution is 2.28. The summed E-state index contributed by atoms with van der Waals surface area (Å²) >= 11 is 0. The summed E-state index contributed by atoms with van der Waals surface area (Å²) in [4.78, 5) is 0. The van der Waals surface area contributed by atoms with Crippen molar-refractivity contribution in [2.75, 3.05) is 7.11 Å². The van der Waals surface area contributed by atoms with Gasteiger partial charge in [0.2, 0.25) is 5.82 Å². The lowest BCUT2D eigenvalue weighted by molar-refractivity contribution is 0.413. The van der Waals surface area contributed by atoms with Crippen LogP contribution in [0.3, 0.4) is 0 Å². The molecule has 2 aromatic rings. The maximum Gasteiger partial charge on any atom is 0.211 e. The average molecular weight is 194 g/mol. The normalized spacial score (nSPS) is 10.1. The summed E-state index contributed by atoms with van der Waals surface area (Å²) in [6.07, 6.45) is 0.